The number of hydrogen-bond acceptors (Lipinski definition) is 4. The summed E-state index contributed by atoms with van der Waals surface area (Å²) in [6, 6.07) is 8.79. The van der Waals surface area contributed by atoms with Crippen LogP contribution in [0, 0.1) is 5.82 Å². The number of carbonyl (C=O) groups is 1. The smallest absolute Gasteiger partial charge is 0.195 e. The molecule has 0 unspecified atom stereocenters. The number of benzene rings is 2. The third-order valence-electron chi connectivity index (χ3n) is 5.48. The first kappa shape index (κ1) is 20.3. The van der Waals surface area contributed by atoms with Gasteiger partial charge in [-0.15, -0.1) is 0 Å². The van der Waals surface area contributed by atoms with Crippen molar-refractivity contribution in [3.05, 3.63) is 64.1 Å². The first-order valence-corrected chi connectivity index (χ1v) is 10.2. The van der Waals surface area contributed by atoms with Gasteiger partial charge in [0, 0.05) is 48.6 Å². The molecule has 0 radical (unpaired) electrons. The highest BCUT2D eigenvalue weighted by Crippen LogP contribution is 2.31. The van der Waals surface area contributed by atoms with Crippen molar-refractivity contribution in [2.24, 2.45) is 4.99 Å². The Hall–Kier alpha value is -2.99. The summed E-state index contributed by atoms with van der Waals surface area (Å²) in [5.74, 6) is -0.542. The lowest BCUT2D eigenvalue weighted by atomic mass is 9.92. The van der Waals surface area contributed by atoms with E-state index in [1.807, 2.05) is 18.2 Å². The molecule has 0 amide bonds. The van der Waals surface area contributed by atoms with Gasteiger partial charge in [-0.3, -0.25) is 9.79 Å². The minimum atomic E-state index is -0.532. The molecule has 0 bridgehead atoms. The average molecular weight is 408 g/mol. The van der Waals surface area contributed by atoms with Gasteiger partial charge in [-0.25, -0.2) is 4.39 Å². The lowest BCUT2D eigenvalue weighted by Gasteiger charge is -2.14. The van der Waals surface area contributed by atoms with Gasteiger partial charge in [0.15, 0.2) is 17.3 Å². The third-order valence-corrected chi connectivity index (χ3v) is 5.48. The number of aryl methyl sites for hydroxylation is 2. The van der Waals surface area contributed by atoms with Crippen LogP contribution in [0.15, 0.2) is 35.3 Å². The Morgan fingerprint density at radius 1 is 1.17 bits per heavy atom. The van der Waals surface area contributed by atoms with Crippen LogP contribution in [0.5, 0.6) is 5.75 Å². The fourth-order valence-electron chi connectivity index (χ4n) is 4.07. The number of carbonyl (C=O) groups excluding carboxylic acids is 1. The van der Waals surface area contributed by atoms with Gasteiger partial charge in [-0.2, -0.15) is 0 Å². The quantitative estimate of drug-likeness (QED) is 0.636. The van der Waals surface area contributed by atoms with Gasteiger partial charge in [0.05, 0.1) is 12.7 Å². The molecule has 0 spiro atoms. The van der Waals surface area contributed by atoms with E-state index in [1.165, 1.54) is 13.2 Å². The predicted octanol–water partition coefficient (Wildman–Crippen LogP) is 4.49. The summed E-state index contributed by atoms with van der Waals surface area (Å²) in [7, 11) is 3.15. The van der Waals surface area contributed by atoms with Crippen molar-refractivity contribution in [1.82, 2.24) is 4.98 Å². The lowest BCUT2D eigenvalue weighted by Crippen LogP contribution is -2.12. The number of ether oxygens (including phenoxy) is 2. The second kappa shape index (κ2) is 8.79. The molecule has 6 heteroatoms. The van der Waals surface area contributed by atoms with Crippen molar-refractivity contribution in [2.45, 2.75) is 25.7 Å². The molecule has 156 valence electrons. The van der Waals surface area contributed by atoms with Crippen LogP contribution in [-0.4, -0.2) is 44.4 Å². The first-order valence-electron chi connectivity index (χ1n) is 10.2. The maximum atomic E-state index is 14.5. The Morgan fingerprint density at radius 3 is 2.73 bits per heavy atom. The third kappa shape index (κ3) is 3.87. The van der Waals surface area contributed by atoms with Crippen LogP contribution in [0.25, 0.3) is 10.9 Å². The number of nitrogens with one attached hydrogen (secondary N) is 1. The summed E-state index contributed by atoms with van der Waals surface area (Å²) in [6.45, 7) is 1.24. The summed E-state index contributed by atoms with van der Waals surface area (Å²) >= 11 is 0. The Morgan fingerprint density at radius 2 is 1.97 bits per heavy atom. The van der Waals surface area contributed by atoms with Gasteiger partial charge in [-0.05, 0) is 55.0 Å². The number of aromatic amines is 1. The second-order valence-corrected chi connectivity index (χ2v) is 7.46. The zero-order chi connectivity index (χ0) is 21.1. The standard InChI is InChI=1S/C24H25FN2O3/c1-26-14-15-7-8-17-21(11-15)27-20-6-4-10-30-9-3-5-16-12-22(29-2)19(25)13-18(16)24(28)23(17)20/h7-8,11-14,27H,3-6,9-10H2,1-2H3/b26-14-. The number of nitrogens with zero attached hydrogens (tertiary/aromatic N) is 1. The molecule has 0 saturated heterocycles. The van der Waals surface area contributed by atoms with Gasteiger partial charge < -0.3 is 14.5 Å². The number of ketones is 1. The van der Waals surface area contributed by atoms with Gasteiger partial charge in [-0.1, -0.05) is 12.1 Å². The molecule has 3 aromatic rings. The predicted molar refractivity (Wildman–Crippen MR) is 116 cm³/mol. The molecule has 0 fully saturated rings. The zero-order valence-electron chi connectivity index (χ0n) is 17.3. The number of aromatic nitrogens is 1. The maximum Gasteiger partial charge on any atom is 0.195 e. The number of hydrogen-bond donors (Lipinski definition) is 1. The van der Waals surface area contributed by atoms with Crippen LogP contribution in [-0.2, 0) is 17.6 Å². The lowest BCUT2D eigenvalue weighted by molar-refractivity contribution is 0.103. The summed E-state index contributed by atoms with van der Waals surface area (Å²) in [5.41, 5.74) is 4.45. The molecule has 4 rings (SSSR count). The van der Waals surface area contributed by atoms with Crippen molar-refractivity contribution in [3.63, 3.8) is 0 Å². The van der Waals surface area contributed by atoms with Gasteiger partial charge in [0.25, 0.3) is 0 Å². The molecule has 1 aromatic heterocycles. The Balaban J connectivity index is 1.90. The average Bonchev–Trinajstić information content (AvgIpc) is 3.10. The summed E-state index contributed by atoms with van der Waals surface area (Å²) in [4.78, 5) is 21.2. The normalized spacial score (nSPS) is 15.5. The van der Waals surface area contributed by atoms with Crippen LogP contribution >= 0.6 is 0 Å². The largest absolute Gasteiger partial charge is 0.494 e. The van der Waals surface area contributed by atoms with Crippen molar-refractivity contribution >= 4 is 22.9 Å². The Kier molecular flexibility index (Phi) is 5.95. The highest BCUT2D eigenvalue weighted by atomic mass is 19.1. The zero-order valence-corrected chi connectivity index (χ0v) is 17.3. The molecule has 1 N–H and O–H groups in total. The van der Waals surface area contributed by atoms with Crippen LogP contribution in [0.1, 0.15) is 45.6 Å². The van der Waals surface area contributed by atoms with Gasteiger partial charge >= 0.3 is 0 Å². The number of methoxy groups -OCH3 is 1. The van der Waals surface area contributed by atoms with E-state index in [-0.39, 0.29) is 11.5 Å². The molecule has 1 aliphatic heterocycles. The SMILES string of the molecule is C/N=C\c1ccc2c3c([nH]c2c1)CCCOCCCc1cc(OC)c(F)cc1C3=O. The molecule has 0 aliphatic carbocycles. The van der Waals surface area contributed by atoms with Gasteiger partial charge in [0.2, 0.25) is 0 Å². The molecule has 5 nitrogen and oxygen atoms in total. The Labute approximate surface area is 174 Å². The summed E-state index contributed by atoms with van der Waals surface area (Å²) in [6.07, 6.45) is 4.64. The fourth-order valence-corrected chi connectivity index (χ4v) is 4.07. The van der Waals surface area contributed by atoms with Crippen molar-refractivity contribution < 1.29 is 18.7 Å². The monoisotopic (exact) mass is 408 g/mol. The topological polar surface area (TPSA) is 63.7 Å². The van der Waals surface area contributed by atoms with E-state index < -0.39 is 5.82 Å². The molecule has 0 saturated carbocycles. The minimum absolute atomic E-state index is 0.150. The molecular weight excluding hydrogens is 383 g/mol. The number of halogens is 1. The van der Waals surface area contributed by atoms with Crippen molar-refractivity contribution in [3.8, 4) is 5.75 Å². The number of aliphatic imine (C=N–C) groups is 1. The summed E-state index contributed by atoms with van der Waals surface area (Å²) < 4.78 is 25.4. The minimum Gasteiger partial charge on any atom is -0.494 e. The van der Waals surface area contributed by atoms with E-state index in [0.717, 1.165) is 40.6 Å². The van der Waals surface area contributed by atoms with Crippen LogP contribution in [0.4, 0.5) is 4.39 Å². The van der Waals surface area contributed by atoms with E-state index in [4.69, 9.17) is 9.47 Å². The first-order chi connectivity index (χ1) is 14.6. The molecule has 2 aromatic carbocycles. The molecule has 2 heterocycles. The van der Waals surface area contributed by atoms with Crippen LogP contribution in [0.2, 0.25) is 0 Å². The van der Waals surface area contributed by atoms with Crippen molar-refractivity contribution in [2.75, 3.05) is 27.4 Å². The number of fused-ring (bicyclic) bond motifs is 4. The van der Waals surface area contributed by atoms with Crippen molar-refractivity contribution in [1.29, 1.82) is 0 Å². The van der Waals surface area contributed by atoms with E-state index >= 15 is 0 Å². The number of H-pyrrole nitrogens is 1. The second-order valence-electron chi connectivity index (χ2n) is 7.46. The van der Waals surface area contributed by atoms with E-state index in [1.54, 1.807) is 19.3 Å². The Bertz CT molecular complexity index is 1120. The summed E-state index contributed by atoms with van der Waals surface area (Å²) in [5, 5.41) is 0.836. The van der Waals surface area contributed by atoms with E-state index in [9.17, 15) is 9.18 Å². The molecule has 1 aliphatic rings. The molecular formula is C24H25FN2O3. The highest BCUT2D eigenvalue weighted by Gasteiger charge is 2.24. The van der Waals surface area contributed by atoms with Crippen LogP contribution in [0.3, 0.4) is 0 Å². The van der Waals surface area contributed by atoms with Gasteiger partial charge in [0.1, 0.15) is 0 Å². The number of rotatable bonds is 2. The molecule has 0 atom stereocenters. The fraction of sp³-hybridized carbons (Fsp3) is 0.333. The molecule has 30 heavy (non-hydrogen) atoms. The highest BCUT2D eigenvalue weighted by molar-refractivity contribution is 6.18. The van der Waals surface area contributed by atoms with E-state index in [2.05, 4.69) is 9.98 Å². The maximum absolute atomic E-state index is 14.5. The van der Waals surface area contributed by atoms with Crippen LogP contribution < -0.4 is 4.74 Å². The van der Waals surface area contributed by atoms with E-state index in [0.29, 0.717) is 37.2 Å².